The highest BCUT2D eigenvalue weighted by Gasteiger charge is 2.17. The van der Waals surface area contributed by atoms with Crippen LogP contribution < -0.4 is 4.90 Å². The fourth-order valence-corrected chi connectivity index (χ4v) is 7.71. The predicted molar refractivity (Wildman–Crippen MR) is 228 cm³/mol. The molecule has 10 rings (SSSR count). The number of benzene rings is 9. The Morgan fingerprint density at radius 3 is 1.56 bits per heavy atom. The largest absolute Gasteiger partial charge is 0.456 e. The molecule has 2 nitrogen and oxygen atoms in total. The van der Waals surface area contributed by atoms with E-state index in [4.69, 9.17) is 4.42 Å². The zero-order valence-corrected chi connectivity index (χ0v) is 29.6. The van der Waals surface area contributed by atoms with Crippen LogP contribution in [0.5, 0.6) is 0 Å². The Labute approximate surface area is 314 Å². The lowest BCUT2D eigenvalue weighted by molar-refractivity contribution is 0.632. The maximum absolute atomic E-state index is 6.26. The summed E-state index contributed by atoms with van der Waals surface area (Å²) in [6.45, 7) is 0. The molecule has 54 heavy (non-hydrogen) atoms. The highest BCUT2D eigenvalue weighted by atomic mass is 16.3. The van der Waals surface area contributed by atoms with Gasteiger partial charge in [0.1, 0.15) is 11.3 Å². The molecule has 0 amide bonds. The summed E-state index contributed by atoms with van der Waals surface area (Å²) in [5.74, 6) is 0.880. The van der Waals surface area contributed by atoms with E-state index in [-0.39, 0.29) is 0 Å². The Hall–Kier alpha value is -7.16. The first-order valence-corrected chi connectivity index (χ1v) is 18.4. The molecule has 9 aromatic carbocycles. The number of hydrogen-bond acceptors (Lipinski definition) is 2. The van der Waals surface area contributed by atoms with Crippen molar-refractivity contribution >= 4 is 49.6 Å². The van der Waals surface area contributed by atoms with E-state index in [9.17, 15) is 0 Å². The number of rotatable bonds is 7. The molecule has 0 radical (unpaired) electrons. The first-order valence-electron chi connectivity index (χ1n) is 18.4. The van der Waals surface area contributed by atoms with Gasteiger partial charge in [0.05, 0.1) is 5.69 Å². The molecule has 0 fully saturated rings. The number of nitrogens with zero attached hydrogens (tertiary/aromatic N) is 1. The summed E-state index contributed by atoms with van der Waals surface area (Å²) in [6.07, 6.45) is 0. The van der Waals surface area contributed by atoms with Crippen LogP contribution in [0.2, 0.25) is 0 Å². The quantitative estimate of drug-likeness (QED) is 0.166. The van der Waals surface area contributed by atoms with Crippen molar-refractivity contribution in [1.29, 1.82) is 0 Å². The average Bonchev–Trinajstić information content (AvgIpc) is 3.69. The molecule has 10 aromatic rings. The maximum Gasteiger partial charge on any atom is 0.136 e. The molecule has 0 bridgehead atoms. The second kappa shape index (κ2) is 13.4. The smallest absolute Gasteiger partial charge is 0.136 e. The van der Waals surface area contributed by atoms with Gasteiger partial charge in [-0.3, -0.25) is 0 Å². The summed E-state index contributed by atoms with van der Waals surface area (Å²) in [5.41, 5.74) is 12.4. The molecule has 0 unspecified atom stereocenters. The standard InChI is InChI=1S/C52H35NO/c1-2-12-42-34-43(25-22-36(42)10-1)39-28-32-46(33-29-39)53(50-18-9-14-40-11-3-5-16-48(40)50)45-30-26-38(27-31-45)37-20-23-41(24-21-37)47-15-6-7-17-49(47)52-35-44-13-4-8-19-51(44)54-52/h1-35H. The van der Waals surface area contributed by atoms with Crippen molar-refractivity contribution < 1.29 is 4.42 Å². The minimum Gasteiger partial charge on any atom is -0.456 e. The van der Waals surface area contributed by atoms with Gasteiger partial charge in [-0.05, 0) is 98.1 Å². The second-order valence-corrected chi connectivity index (χ2v) is 13.8. The van der Waals surface area contributed by atoms with E-state index < -0.39 is 0 Å². The van der Waals surface area contributed by atoms with Gasteiger partial charge in [0, 0.05) is 27.7 Å². The van der Waals surface area contributed by atoms with Crippen molar-refractivity contribution in [3.8, 4) is 44.7 Å². The van der Waals surface area contributed by atoms with Crippen molar-refractivity contribution in [3.05, 3.63) is 212 Å². The van der Waals surface area contributed by atoms with Crippen LogP contribution >= 0.6 is 0 Å². The van der Waals surface area contributed by atoms with Gasteiger partial charge in [0.2, 0.25) is 0 Å². The van der Waals surface area contributed by atoms with Crippen LogP contribution in [0, 0.1) is 0 Å². The van der Waals surface area contributed by atoms with E-state index in [0.717, 1.165) is 50.5 Å². The molecule has 0 saturated heterocycles. The molecule has 0 N–H and O–H groups in total. The molecule has 1 aromatic heterocycles. The molecule has 1 heterocycles. The van der Waals surface area contributed by atoms with Crippen LogP contribution in [0.4, 0.5) is 17.1 Å². The zero-order chi connectivity index (χ0) is 35.8. The lowest BCUT2D eigenvalue weighted by Crippen LogP contribution is -2.10. The SMILES string of the molecule is c1ccc(-c2cc3ccccc3o2)c(-c2ccc(-c3ccc(N(c4ccc(-c5ccc6ccccc6c5)cc4)c4cccc5ccccc45)cc3)cc2)c1. The first-order chi connectivity index (χ1) is 26.7. The summed E-state index contributed by atoms with van der Waals surface area (Å²) in [7, 11) is 0. The van der Waals surface area contributed by atoms with Gasteiger partial charge >= 0.3 is 0 Å². The topological polar surface area (TPSA) is 16.4 Å². The van der Waals surface area contributed by atoms with Crippen molar-refractivity contribution in [2.75, 3.05) is 4.90 Å². The Kier molecular flexibility index (Phi) is 7.85. The lowest BCUT2D eigenvalue weighted by atomic mass is 9.95. The van der Waals surface area contributed by atoms with E-state index in [1.54, 1.807) is 0 Å². The van der Waals surface area contributed by atoms with Gasteiger partial charge in [-0.1, -0.05) is 164 Å². The van der Waals surface area contributed by atoms with E-state index in [2.05, 4.69) is 199 Å². The van der Waals surface area contributed by atoms with Gasteiger partial charge in [0.25, 0.3) is 0 Å². The minimum atomic E-state index is 0.880. The number of hydrogen-bond donors (Lipinski definition) is 0. The molecular formula is C52H35NO. The van der Waals surface area contributed by atoms with Gasteiger partial charge < -0.3 is 9.32 Å². The van der Waals surface area contributed by atoms with Crippen LogP contribution in [0.1, 0.15) is 0 Å². The van der Waals surface area contributed by atoms with Crippen molar-refractivity contribution in [1.82, 2.24) is 0 Å². The molecule has 254 valence electrons. The highest BCUT2D eigenvalue weighted by Crippen LogP contribution is 2.41. The Balaban J connectivity index is 0.983. The van der Waals surface area contributed by atoms with E-state index in [0.29, 0.717) is 0 Å². The van der Waals surface area contributed by atoms with E-state index >= 15 is 0 Å². The average molecular weight is 690 g/mol. The Morgan fingerprint density at radius 1 is 0.315 bits per heavy atom. The Bertz CT molecular complexity index is 2880. The minimum absolute atomic E-state index is 0.880. The normalized spacial score (nSPS) is 11.3. The lowest BCUT2D eigenvalue weighted by Gasteiger charge is -2.27. The van der Waals surface area contributed by atoms with Crippen LogP contribution in [0.25, 0.3) is 77.2 Å². The predicted octanol–water partition coefficient (Wildman–Crippen LogP) is 14.9. The fourth-order valence-electron chi connectivity index (χ4n) is 7.71. The fraction of sp³-hybridized carbons (Fsp3) is 0. The van der Waals surface area contributed by atoms with E-state index in [1.165, 1.54) is 43.8 Å². The third-order valence-electron chi connectivity index (χ3n) is 10.5. The van der Waals surface area contributed by atoms with Crippen LogP contribution in [-0.4, -0.2) is 0 Å². The highest BCUT2D eigenvalue weighted by molar-refractivity contribution is 5.99. The summed E-state index contributed by atoms with van der Waals surface area (Å²) in [5, 5.41) is 6.04. The third-order valence-corrected chi connectivity index (χ3v) is 10.5. The second-order valence-electron chi connectivity index (χ2n) is 13.8. The van der Waals surface area contributed by atoms with Crippen LogP contribution in [0.15, 0.2) is 217 Å². The Morgan fingerprint density at radius 2 is 0.833 bits per heavy atom. The number of para-hydroxylation sites is 1. The van der Waals surface area contributed by atoms with E-state index in [1.807, 2.05) is 18.2 Å². The number of furan rings is 1. The van der Waals surface area contributed by atoms with Crippen molar-refractivity contribution in [2.45, 2.75) is 0 Å². The number of anilines is 3. The zero-order valence-electron chi connectivity index (χ0n) is 29.6. The van der Waals surface area contributed by atoms with Crippen LogP contribution in [-0.2, 0) is 0 Å². The summed E-state index contributed by atoms with van der Waals surface area (Å²) in [6, 6.07) is 75.9. The van der Waals surface area contributed by atoms with Gasteiger partial charge in [0.15, 0.2) is 0 Å². The molecule has 2 heteroatoms. The molecule has 0 aliphatic carbocycles. The van der Waals surface area contributed by atoms with Crippen molar-refractivity contribution in [2.24, 2.45) is 0 Å². The molecule has 0 aliphatic heterocycles. The summed E-state index contributed by atoms with van der Waals surface area (Å²) < 4.78 is 6.26. The maximum atomic E-state index is 6.26. The monoisotopic (exact) mass is 689 g/mol. The summed E-state index contributed by atoms with van der Waals surface area (Å²) in [4.78, 5) is 2.37. The molecular weight excluding hydrogens is 655 g/mol. The number of fused-ring (bicyclic) bond motifs is 3. The third kappa shape index (κ3) is 5.81. The summed E-state index contributed by atoms with van der Waals surface area (Å²) >= 11 is 0. The van der Waals surface area contributed by atoms with Gasteiger partial charge in [-0.15, -0.1) is 0 Å². The van der Waals surface area contributed by atoms with Crippen molar-refractivity contribution in [3.63, 3.8) is 0 Å². The molecule has 0 saturated carbocycles. The molecule has 0 spiro atoms. The molecule has 0 atom stereocenters. The van der Waals surface area contributed by atoms with Gasteiger partial charge in [-0.2, -0.15) is 0 Å². The first kappa shape index (κ1) is 31.6. The molecule has 0 aliphatic rings. The van der Waals surface area contributed by atoms with Crippen LogP contribution in [0.3, 0.4) is 0 Å². The van der Waals surface area contributed by atoms with Gasteiger partial charge in [-0.25, -0.2) is 0 Å².